The molecule has 1 aromatic heterocycles. The van der Waals surface area contributed by atoms with Crippen molar-refractivity contribution in [2.24, 2.45) is 0 Å². The zero-order chi connectivity index (χ0) is 13.8. The largest absolute Gasteiger partial charge is 0.461 e. The first-order valence-corrected chi connectivity index (χ1v) is 7.17. The van der Waals surface area contributed by atoms with Crippen LogP contribution >= 0.6 is 0 Å². The van der Waals surface area contributed by atoms with Gasteiger partial charge in [-0.15, -0.1) is 0 Å². The number of hydrogen-bond acceptors (Lipinski definition) is 3. The maximum Gasteiger partial charge on any atom is 0.220 e. The molecule has 0 spiro atoms. The summed E-state index contributed by atoms with van der Waals surface area (Å²) < 4.78 is 11.2. The number of nitrogens with one attached hydrogen (secondary N) is 1. The van der Waals surface area contributed by atoms with Gasteiger partial charge in [-0.25, -0.2) is 0 Å². The van der Waals surface area contributed by atoms with Gasteiger partial charge in [0.25, 0.3) is 0 Å². The van der Waals surface area contributed by atoms with Crippen molar-refractivity contribution in [1.82, 2.24) is 5.32 Å². The summed E-state index contributed by atoms with van der Waals surface area (Å²) in [5.74, 6) is 0.916. The van der Waals surface area contributed by atoms with Gasteiger partial charge in [0.2, 0.25) is 5.91 Å². The maximum absolute atomic E-state index is 11.8. The second-order valence-corrected chi connectivity index (χ2v) is 5.19. The molecular weight excluding hydrogens is 254 g/mol. The first kappa shape index (κ1) is 13.2. The van der Waals surface area contributed by atoms with Crippen LogP contribution in [0.4, 0.5) is 0 Å². The van der Waals surface area contributed by atoms with E-state index in [0.717, 1.165) is 36.2 Å². The molecule has 0 bridgehead atoms. The monoisotopic (exact) mass is 273 g/mol. The van der Waals surface area contributed by atoms with Crippen LogP contribution in [0, 0.1) is 0 Å². The van der Waals surface area contributed by atoms with Crippen LogP contribution in [-0.2, 0) is 16.0 Å². The molecule has 3 rings (SSSR count). The fourth-order valence-corrected chi connectivity index (χ4v) is 2.52. The number of para-hydroxylation sites is 1. The molecule has 0 saturated carbocycles. The van der Waals surface area contributed by atoms with Gasteiger partial charge in [-0.1, -0.05) is 18.2 Å². The fraction of sp³-hybridized carbons (Fsp3) is 0.438. The van der Waals surface area contributed by atoms with Gasteiger partial charge in [-0.3, -0.25) is 4.79 Å². The van der Waals surface area contributed by atoms with Crippen LogP contribution in [0.2, 0.25) is 0 Å². The summed E-state index contributed by atoms with van der Waals surface area (Å²) in [6.45, 7) is 1.44. The Morgan fingerprint density at radius 3 is 3.05 bits per heavy atom. The maximum atomic E-state index is 11.8. The Morgan fingerprint density at radius 1 is 1.35 bits per heavy atom. The molecule has 1 unspecified atom stereocenters. The van der Waals surface area contributed by atoms with Crippen molar-refractivity contribution >= 4 is 16.9 Å². The molecule has 1 aliphatic heterocycles. The minimum atomic E-state index is 0.0564. The molecule has 2 aromatic rings. The highest BCUT2D eigenvalue weighted by Gasteiger charge is 2.16. The van der Waals surface area contributed by atoms with Crippen LogP contribution in [0.15, 0.2) is 34.7 Å². The summed E-state index contributed by atoms with van der Waals surface area (Å²) in [7, 11) is 0. The molecule has 1 N–H and O–H groups in total. The van der Waals surface area contributed by atoms with E-state index in [0.29, 0.717) is 19.4 Å². The van der Waals surface area contributed by atoms with Gasteiger partial charge in [0.05, 0.1) is 6.10 Å². The predicted molar refractivity (Wildman–Crippen MR) is 76.5 cm³/mol. The molecule has 0 aliphatic carbocycles. The minimum absolute atomic E-state index is 0.0564. The Morgan fingerprint density at radius 2 is 2.25 bits per heavy atom. The lowest BCUT2D eigenvalue weighted by Crippen LogP contribution is -2.31. The van der Waals surface area contributed by atoms with Gasteiger partial charge in [-0.05, 0) is 25.0 Å². The molecule has 1 atom stereocenters. The van der Waals surface area contributed by atoms with E-state index in [1.54, 1.807) is 0 Å². The van der Waals surface area contributed by atoms with E-state index in [-0.39, 0.29) is 12.0 Å². The second-order valence-electron chi connectivity index (χ2n) is 5.19. The van der Waals surface area contributed by atoms with Crippen molar-refractivity contribution in [3.05, 3.63) is 36.1 Å². The van der Waals surface area contributed by atoms with Crippen molar-refractivity contribution in [1.29, 1.82) is 0 Å². The first-order chi connectivity index (χ1) is 9.81. The van der Waals surface area contributed by atoms with Crippen LogP contribution in [0.3, 0.4) is 0 Å². The van der Waals surface area contributed by atoms with Crippen LogP contribution in [-0.4, -0.2) is 25.2 Å². The Kier molecular flexibility index (Phi) is 4.02. The van der Waals surface area contributed by atoms with Gasteiger partial charge in [-0.2, -0.15) is 0 Å². The smallest absolute Gasteiger partial charge is 0.220 e. The third-order valence-corrected chi connectivity index (χ3v) is 3.63. The van der Waals surface area contributed by atoms with Crippen LogP contribution in [0.1, 0.15) is 25.0 Å². The second kappa shape index (κ2) is 6.09. The molecule has 1 aliphatic rings. The number of carbonyl (C=O) groups excluding carboxylic acids is 1. The molecule has 20 heavy (non-hydrogen) atoms. The number of furan rings is 1. The molecule has 1 amide bonds. The van der Waals surface area contributed by atoms with Gasteiger partial charge in [0.15, 0.2) is 0 Å². The predicted octanol–water partition coefficient (Wildman–Crippen LogP) is 2.66. The van der Waals surface area contributed by atoms with E-state index < -0.39 is 0 Å². The highest BCUT2D eigenvalue weighted by Crippen LogP contribution is 2.19. The Balaban J connectivity index is 1.47. The number of hydrogen-bond donors (Lipinski definition) is 1. The van der Waals surface area contributed by atoms with Crippen molar-refractivity contribution in [3.8, 4) is 0 Å². The van der Waals surface area contributed by atoms with E-state index in [1.807, 2.05) is 30.3 Å². The summed E-state index contributed by atoms with van der Waals surface area (Å²) in [6, 6.07) is 9.89. The number of fused-ring (bicyclic) bond motifs is 1. The van der Waals surface area contributed by atoms with Crippen LogP contribution in [0.25, 0.3) is 11.0 Å². The third-order valence-electron chi connectivity index (χ3n) is 3.63. The minimum Gasteiger partial charge on any atom is -0.461 e. The van der Waals surface area contributed by atoms with E-state index in [2.05, 4.69) is 5.32 Å². The molecule has 2 heterocycles. The van der Waals surface area contributed by atoms with Crippen molar-refractivity contribution < 1.29 is 13.9 Å². The molecule has 106 valence electrons. The van der Waals surface area contributed by atoms with Crippen LogP contribution < -0.4 is 5.32 Å². The van der Waals surface area contributed by atoms with E-state index in [9.17, 15) is 4.79 Å². The average molecular weight is 273 g/mol. The summed E-state index contributed by atoms with van der Waals surface area (Å²) in [5.41, 5.74) is 0.877. The molecule has 4 nitrogen and oxygen atoms in total. The van der Waals surface area contributed by atoms with E-state index in [4.69, 9.17) is 9.15 Å². The van der Waals surface area contributed by atoms with Gasteiger partial charge < -0.3 is 14.5 Å². The summed E-state index contributed by atoms with van der Waals surface area (Å²) >= 11 is 0. The van der Waals surface area contributed by atoms with Crippen LogP contribution in [0.5, 0.6) is 0 Å². The molecule has 1 fully saturated rings. The Hall–Kier alpha value is -1.81. The van der Waals surface area contributed by atoms with Crippen molar-refractivity contribution in [2.45, 2.75) is 31.8 Å². The quantitative estimate of drug-likeness (QED) is 0.911. The lowest BCUT2D eigenvalue weighted by atomic mass is 10.2. The van der Waals surface area contributed by atoms with Crippen molar-refractivity contribution in [3.63, 3.8) is 0 Å². The number of rotatable bonds is 5. The highest BCUT2D eigenvalue weighted by molar-refractivity contribution is 5.78. The number of amides is 1. The summed E-state index contributed by atoms with van der Waals surface area (Å²) in [6.07, 6.45) is 3.42. The van der Waals surface area contributed by atoms with Gasteiger partial charge in [0.1, 0.15) is 11.3 Å². The highest BCUT2D eigenvalue weighted by atomic mass is 16.5. The molecule has 0 radical (unpaired) electrons. The zero-order valence-corrected chi connectivity index (χ0v) is 11.4. The SMILES string of the molecule is O=C(CCc1cc2ccccc2o1)NCC1CCCO1. The summed E-state index contributed by atoms with van der Waals surface area (Å²) in [5, 5.41) is 4.01. The lowest BCUT2D eigenvalue weighted by Gasteiger charge is -2.10. The lowest BCUT2D eigenvalue weighted by molar-refractivity contribution is -0.121. The molecule has 4 heteroatoms. The number of carbonyl (C=O) groups is 1. The summed E-state index contributed by atoms with van der Waals surface area (Å²) in [4.78, 5) is 11.8. The normalized spacial score (nSPS) is 18.5. The van der Waals surface area contributed by atoms with E-state index >= 15 is 0 Å². The molecule has 1 aromatic carbocycles. The zero-order valence-electron chi connectivity index (χ0n) is 11.4. The van der Waals surface area contributed by atoms with Crippen molar-refractivity contribution in [2.75, 3.05) is 13.2 Å². The number of aryl methyl sites for hydroxylation is 1. The topological polar surface area (TPSA) is 51.5 Å². The molecular formula is C16H19NO3. The number of benzene rings is 1. The fourth-order valence-electron chi connectivity index (χ4n) is 2.52. The van der Waals surface area contributed by atoms with Gasteiger partial charge >= 0.3 is 0 Å². The van der Waals surface area contributed by atoms with Gasteiger partial charge in [0, 0.05) is 31.4 Å². The first-order valence-electron chi connectivity index (χ1n) is 7.17. The Labute approximate surface area is 118 Å². The Bertz CT molecular complexity index is 551. The third kappa shape index (κ3) is 3.20. The average Bonchev–Trinajstić information content (AvgIpc) is 3.11. The number of ether oxygens (including phenoxy) is 1. The van der Waals surface area contributed by atoms with E-state index in [1.165, 1.54) is 0 Å². The molecule has 1 saturated heterocycles. The standard InChI is InChI=1S/C16H19NO3/c18-16(17-11-14-5-3-9-19-14)8-7-13-10-12-4-1-2-6-15(12)20-13/h1-2,4,6,10,14H,3,5,7-9,11H2,(H,17,18).